The summed E-state index contributed by atoms with van der Waals surface area (Å²) in [5.41, 5.74) is 9.84. The summed E-state index contributed by atoms with van der Waals surface area (Å²) >= 11 is 0. The lowest BCUT2D eigenvalue weighted by atomic mass is 10.2. The molecule has 0 radical (unpaired) electrons. The van der Waals surface area contributed by atoms with Crippen LogP contribution in [0.4, 0.5) is 11.5 Å². The number of pyridine rings is 1. The van der Waals surface area contributed by atoms with E-state index in [1.54, 1.807) is 48.8 Å². The van der Waals surface area contributed by atoms with E-state index in [4.69, 9.17) is 10.8 Å². The Morgan fingerprint density at radius 3 is 2.71 bits per heavy atom. The molecule has 1 aromatic carbocycles. The van der Waals surface area contributed by atoms with Crippen molar-refractivity contribution in [3.8, 4) is 5.75 Å². The number of nitrogen functional groups attached to an aromatic ring is 1. The van der Waals surface area contributed by atoms with Gasteiger partial charge in [0, 0.05) is 6.20 Å². The summed E-state index contributed by atoms with van der Waals surface area (Å²) in [6, 6.07) is 10.2. The van der Waals surface area contributed by atoms with E-state index in [9.17, 15) is 0 Å². The second-order valence-corrected chi connectivity index (χ2v) is 3.40. The van der Waals surface area contributed by atoms with Crippen molar-refractivity contribution in [3.63, 3.8) is 0 Å². The molecule has 5 nitrogen and oxygen atoms in total. The maximum atomic E-state index is 9.11. The number of rotatable bonds is 3. The smallest absolute Gasteiger partial charge is 0.169 e. The van der Waals surface area contributed by atoms with Crippen LogP contribution in [0.15, 0.2) is 47.7 Å². The first-order chi connectivity index (χ1) is 8.25. The van der Waals surface area contributed by atoms with Crippen LogP contribution in [0, 0.1) is 0 Å². The molecule has 2 rings (SSSR count). The van der Waals surface area contributed by atoms with Gasteiger partial charge in [-0.25, -0.2) is 4.98 Å². The van der Waals surface area contributed by atoms with E-state index >= 15 is 0 Å². The van der Waals surface area contributed by atoms with Crippen molar-refractivity contribution >= 4 is 17.7 Å². The fourth-order valence-corrected chi connectivity index (χ4v) is 1.24. The van der Waals surface area contributed by atoms with Crippen molar-refractivity contribution in [2.75, 3.05) is 11.2 Å². The van der Waals surface area contributed by atoms with Gasteiger partial charge in [0.25, 0.3) is 0 Å². The standard InChI is InChI=1S/C12H12N4O/c13-11-2-1-7-14-12(11)16-15-8-9-3-5-10(17)6-4-9/h1-8,17H,13H2,(H,14,16)/b15-8+. The van der Waals surface area contributed by atoms with E-state index in [1.807, 2.05) is 0 Å². The van der Waals surface area contributed by atoms with Crippen molar-refractivity contribution in [1.82, 2.24) is 4.98 Å². The molecule has 1 heterocycles. The van der Waals surface area contributed by atoms with Crippen molar-refractivity contribution in [1.29, 1.82) is 0 Å². The monoisotopic (exact) mass is 228 g/mol. The van der Waals surface area contributed by atoms with Crippen LogP contribution in [0.1, 0.15) is 5.56 Å². The van der Waals surface area contributed by atoms with Gasteiger partial charge in [-0.2, -0.15) is 5.10 Å². The summed E-state index contributed by atoms with van der Waals surface area (Å²) in [4.78, 5) is 4.03. The Morgan fingerprint density at radius 2 is 2.00 bits per heavy atom. The highest BCUT2D eigenvalue weighted by molar-refractivity contribution is 5.80. The molecule has 5 heteroatoms. The molecule has 17 heavy (non-hydrogen) atoms. The Morgan fingerprint density at radius 1 is 1.24 bits per heavy atom. The highest BCUT2D eigenvalue weighted by Gasteiger charge is 1.95. The minimum absolute atomic E-state index is 0.226. The third-order valence-electron chi connectivity index (χ3n) is 2.12. The second kappa shape index (κ2) is 4.98. The summed E-state index contributed by atoms with van der Waals surface area (Å²) in [6.07, 6.45) is 3.25. The van der Waals surface area contributed by atoms with Gasteiger partial charge in [-0.3, -0.25) is 5.43 Å². The molecule has 0 aliphatic heterocycles. The number of aromatic nitrogens is 1. The van der Waals surface area contributed by atoms with Crippen LogP contribution in [-0.2, 0) is 0 Å². The molecule has 0 aliphatic carbocycles. The predicted octanol–water partition coefficient (Wildman–Crippen LogP) is 1.82. The fourth-order valence-electron chi connectivity index (χ4n) is 1.24. The quantitative estimate of drug-likeness (QED) is 0.552. The topological polar surface area (TPSA) is 83.5 Å². The maximum Gasteiger partial charge on any atom is 0.169 e. The lowest BCUT2D eigenvalue weighted by molar-refractivity contribution is 0.475. The molecule has 0 fully saturated rings. The van der Waals surface area contributed by atoms with Crippen LogP contribution in [0.2, 0.25) is 0 Å². The lowest BCUT2D eigenvalue weighted by Crippen LogP contribution is -1.98. The van der Waals surface area contributed by atoms with Crippen LogP contribution < -0.4 is 11.2 Å². The van der Waals surface area contributed by atoms with E-state index in [0.29, 0.717) is 11.5 Å². The average molecular weight is 228 g/mol. The Kier molecular flexibility index (Phi) is 3.20. The summed E-state index contributed by atoms with van der Waals surface area (Å²) < 4.78 is 0. The molecule has 0 saturated heterocycles. The zero-order valence-electron chi connectivity index (χ0n) is 9.04. The number of nitrogens with one attached hydrogen (secondary N) is 1. The number of nitrogens with two attached hydrogens (primary N) is 1. The van der Waals surface area contributed by atoms with Crippen LogP contribution in [0.5, 0.6) is 5.75 Å². The first kappa shape index (κ1) is 10.9. The Hall–Kier alpha value is -2.56. The van der Waals surface area contributed by atoms with Gasteiger partial charge in [-0.1, -0.05) is 0 Å². The highest BCUT2D eigenvalue weighted by Crippen LogP contribution is 2.12. The number of aromatic hydroxyl groups is 1. The van der Waals surface area contributed by atoms with Gasteiger partial charge < -0.3 is 10.8 Å². The molecule has 0 unspecified atom stereocenters. The molecule has 0 spiro atoms. The van der Waals surface area contributed by atoms with Gasteiger partial charge in [0.05, 0.1) is 11.9 Å². The molecule has 86 valence electrons. The van der Waals surface area contributed by atoms with Crippen molar-refractivity contribution in [2.24, 2.45) is 5.10 Å². The fraction of sp³-hybridized carbons (Fsp3) is 0. The first-order valence-electron chi connectivity index (χ1n) is 5.04. The molecule has 0 atom stereocenters. The van der Waals surface area contributed by atoms with E-state index in [-0.39, 0.29) is 5.75 Å². The van der Waals surface area contributed by atoms with Crippen LogP contribution in [0.25, 0.3) is 0 Å². The molecule has 0 amide bonds. The summed E-state index contributed by atoms with van der Waals surface area (Å²) in [5, 5.41) is 13.1. The molecule has 0 saturated carbocycles. The first-order valence-corrected chi connectivity index (χ1v) is 5.04. The summed E-state index contributed by atoms with van der Waals surface area (Å²) in [5.74, 6) is 0.742. The van der Waals surface area contributed by atoms with Crippen LogP contribution >= 0.6 is 0 Å². The van der Waals surface area contributed by atoms with Gasteiger partial charge in [0.1, 0.15) is 5.75 Å². The van der Waals surface area contributed by atoms with Gasteiger partial charge in [-0.05, 0) is 42.0 Å². The minimum atomic E-state index is 0.226. The number of phenols is 1. The maximum absolute atomic E-state index is 9.11. The largest absolute Gasteiger partial charge is 0.508 e. The van der Waals surface area contributed by atoms with Crippen molar-refractivity contribution in [3.05, 3.63) is 48.2 Å². The Bertz CT molecular complexity index is 522. The normalized spacial score (nSPS) is 10.6. The number of nitrogens with zero attached hydrogens (tertiary/aromatic N) is 2. The molecule has 1 aromatic heterocycles. The van der Waals surface area contributed by atoms with Crippen LogP contribution in [-0.4, -0.2) is 16.3 Å². The van der Waals surface area contributed by atoms with E-state index in [0.717, 1.165) is 5.56 Å². The van der Waals surface area contributed by atoms with Crippen LogP contribution in [0.3, 0.4) is 0 Å². The lowest BCUT2D eigenvalue weighted by Gasteiger charge is -2.01. The Balaban J connectivity index is 2.03. The number of hydrogen-bond acceptors (Lipinski definition) is 5. The number of phenolic OH excluding ortho intramolecular Hbond substituents is 1. The van der Waals surface area contributed by atoms with Gasteiger partial charge in [-0.15, -0.1) is 0 Å². The molecule has 2 aromatic rings. The zero-order valence-corrected chi connectivity index (χ0v) is 9.04. The molecule has 4 N–H and O–H groups in total. The minimum Gasteiger partial charge on any atom is -0.508 e. The van der Waals surface area contributed by atoms with Crippen molar-refractivity contribution in [2.45, 2.75) is 0 Å². The zero-order chi connectivity index (χ0) is 12.1. The molecular formula is C12H12N4O. The van der Waals surface area contributed by atoms with E-state index in [2.05, 4.69) is 15.5 Å². The molecular weight excluding hydrogens is 216 g/mol. The van der Waals surface area contributed by atoms with E-state index in [1.165, 1.54) is 0 Å². The van der Waals surface area contributed by atoms with Crippen molar-refractivity contribution < 1.29 is 5.11 Å². The van der Waals surface area contributed by atoms with Gasteiger partial charge in [0.2, 0.25) is 0 Å². The molecule has 0 bridgehead atoms. The SMILES string of the molecule is Nc1cccnc1N/N=C/c1ccc(O)cc1. The third kappa shape index (κ3) is 2.94. The highest BCUT2D eigenvalue weighted by atomic mass is 16.3. The number of hydrogen-bond donors (Lipinski definition) is 3. The number of hydrazone groups is 1. The Labute approximate surface area is 98.6 Å². The third-order valence-corrected chi connectivity index (χ3v) is 2.12. The molecule has 0 aliphatic rings. The predicted molar refractivity (Wildman–Crippen MR) is 68.0 cm³/mol. The van der Waals surface area contributed by atoms with E-state index < -0.39 is 0 Å². The number of anilines is 2. The second-order valence-electron chi connectivity index (χ2n) is 3.40. The van der Waals surface area contributed by atoms with Gasteiger partial charge >= 0.3 is 0 Å². The number of benzene rings is 1. The van der Waals surface area contributed by atoms with Gasteiger partial charge in [0.15, 0.2) is 5.82 Å². The summed E-state index contributed by atoms with van der Waals surface area (Å²) in [7, 11) is 0. The summed E-state index contributed by atoms with van der Waals surface area (Å²) in [6.45, 7) is 0. The average Bonchev–Trinajstić information content (AvgIpc) is 2.34.